The Balaban J connectivity index is 2.18. The highest BCUT2D eigenvalue weighted by Gasteiger charge is 2.21. The smallest absolute Gasteiger partial charge is 0.312 e. The Kier molecular flexibility index (Phi) is 6.26. The molecular weight excluding hydrogens is 339 g/mol. The second kappa shape index (κ2) is 8.61. The molecule has 2 rings (SSSR count). The lowest BCUT2D eigenvalue weighted by Crippen LogP contribution is -2.47. The van der Waals surface area contributed by atoms with E-state index in [1.54, 1.807) is 24.3 Å². The van der Waals surface area contributed by atoms with E-state index >= 15 is 0 Å². The van der Waals surface area contributed by atoms with Crippen molar-refractivity contribution in [1.29, 1.82) is 0 Å². The van der Waals surface area contributed by atoms with Gasteiger partial charge in [-0.1, -0.05) is 30.3 Å². The van der Waals surface area contributed by atoms with Crippen LogP contribution in [0.25, 0.3) is 0 Å². The van der Waals surface area contributed by atoms with E-state index in [9.17, 15) is 18.8 Å². The minimum atomic E-state index is -0.987. The molecule has 0 fully saturated rings. The normalized spacial score (nSPS) is 11.3. The van der Waals surface area contributed by atoms with Crippen molar-refractivity contribution >= 4 is 29.2 Å². The van der Waals surface area contributed by atoms with Crippen LogP contribution in [0.5, 0.6) is 0 Å². The van der Waals surface area contributed by atoms with Crippen LogP contribution in [0, 0.1) is 5.82 Å². The lowest BCUT2D eigenvalue weighted by molar-refractivity contribution is -0.118. The number of nitrogens with one attached hydrogen (secondary N) is 3. The second-order valence-electron chi connectivity index (χ2n) is 5.62. The van der Waals surface area contributed by atoms with Crippen molar-refractivity contribution in [3.63, 3.8) is 0 Å². The highest BCUT2D eigenvalue weighted by molar-refractivity contribution is 5.98. The molecule has 0 spiro atoms. The summed E-state index contributed by atoms with van der Waals surface area (Å²) < 4.78 is 14.0. The molecule has 1 unspecified atom stereocenters. The molecule has 0 saturated heterocycles. The van der Waals surface area contributed by atoms with Gasteiger partial charge in [-0.15, -0.1) is 0 Å². The summed E-state index contributed by atoms with van der Waals surface area (Å²) >= 11 is 0. The van der Waals surface area contributed by atoms with E-state index in [4.69, 9.17) is 5.73 Å². The zero-order valence-corrected chi connectivity index (χ0v) is 14.1. The Morgan fingerprint density at radius 3 is 2.38 bits per heavy atom. The number of rotatable bonds is 6. The predicted molar refractivity (Wildman–Crippen MR) is 96.0 cm³/mol. The monoisotopic (exact) mass is 358 g/mol. The first kappa shape index (κ1) is 18.9. The molecule has 26 heavy (non-hydrogen) atoms. The number of hydrogen-bond acceptors (Lipinski definition) is 3. The average molecular weight is 358 g/mol. The average Bonchev–Trinajstić information content (AvgIpc) is 2.57. The third kappa shape index (κ3) is 5.59. The van der Waals surface area contributed by atoms with Gasteiger partial charge in [0.25, 0.3) is 0 Å². The summed E-state index contributed by atoms with van der Waals surface area (Å²) in [6, 6.07) is 10.9. The van der Waals surface area contributed by atoms with Gasteiger partial charge in [0.05, 0.1) is 5.69 Å². The van der Waals surface area contributed by atoms with Gasteiger partial charge in [-0.25, -0.2) is 9.18 Å². The number of primary amides is 1. The predicted octanol–water partition coefficient (Wildman–Crippen LogP) is 2.00. The summed E-state index contributed by atoms with van der Waals surface area (Å²) in [7, 11) is 0. The number of carbonyl (C=O) groups excluding carboxylic acids is 3. The Hall–Kier alpha value is -3.42. The van der Waals surface area contributed by atoms with Crippen LogP contribution in [-0.4, -0.2) is 23.9 Å². The molecule has 5 N–H and O–H groups in total. The van der Waals surface area contributed by atoms with Gasteiger partial charge in [0, 0.05) is 19.0 Å². The molecule has 0 heterocycles. The summed E-state index contributed by atoms with van der Waals surface area (Å²) in [6.07, 6.45) is 0.183. The molecule has 8 heteroatoms. The number of nitrogens with two attached hydrogens (primary N) is 1. The number of anilines is 2. The maximum absolute atomic E-state index is 14.0. The lowest BCUT2D eigenvalue weighted by atomic mass is 10.1. The largest absolute Gasteiger partial charge is 0.352 e. The number of halogens is 1. The summed E-state index contributed by atoms with van der Waals surface area (Å²) in [5, 5.41) is 7.26. The molecule has 7 nitrogen and oxygen atoms in total. The van der Waals surface area contributed by atoms with E-state index < -0.39 is 23.8 Å². The van der Waals surface area contributed by atoms with Crippen LogP contribution in [0.2, 0.25) is 0 Å². The van der Waals surface area contributed by atoms with Crippen LogP contribution < -0.4 is 21.7 Å². The molecule has 1 atom stereocenters. The first-order chi connectivity index (χ1) is 12.3. The van der Waals surface area contributed by atoms with Gasteiger partial charge in [-0.3, -0.25) is 9.59 Å². The van der Waals surface area contributed by atoms with Crippen molar-refractivity contribution in [3.05, 3.63) is 59.9 Å². The highest BCUT2D eigenvalue weighted by Crippen LogP contribution is 2.20. The summed E-state index contributed by atoms with van der Waals surface area (Å²) in [6.45, 7) is 1.31. The number of urea groups is 1. The van der Waals surface area contributed by atoms with Crippen LogP contribution in [-0.2, 0) is 16.0 Å². The van der Waals surface area contributed by atoms with E-state index in [1.807, 2.05) is 6.07 Å². The molecule has 0 bridgehead atoms. The molecule has 0 radical (unpaired) electrons. The van der Waals surface area contributed by atoms with Crippen molar-refractivity contribution in [1.82, 2.24) is 5.32 Å². The summed E-state index contributed by atoms with van der Waals surface area (Å²) in [5.41, 5.74) is 6.15. The van der Waals surface area contributed by atoms with Gasteiger partial charge in [0.2, 0.25) is 11.8 Å². The topological polar surface area (TPSA) is 113 Å². The van der Waals surface area contributed by atoms with E-state index in [0.29, 0.717) is 5.69 Å². The van der Waals surface area contributed by atoms with Crippen molar-refractivity contribution in [2.75, 3.05) is 10.6 Å². The van der Waals surface area contributed by atoms with Crippen molar-refractivity contribution in [2.24, 2.45) is 5.73 Å². The highest BCUT2D eigenvalue weighted by atomic mass is 19.1. The minimum absolute atomic E-state index is 0.120. The van der Waals surface area contributed by atoms with Crippen LogP contribution in [0.15, 0.2) is 48.5 Å². The quantitative estimate of drug-likeness (QED) is 0.633. The first-order valence-electron chi connectivity index (χ1n) is 7.83. The van der Waals surface area contributed by atoms with Gasteiger partial charge >= 0.3 is 6.03 Å². The Morgan fingerprint density at radius 2 is 1.77 bits per heavy atom. The second-order valence-corrected chi connectivity index (χ2v) is 5.62. The van der Waals surface area contributed by atoms with Crippen molar-refractivity contribution < 1.29 is 18.8 Å². The maximum Gasteiger partial charge on any atom is 0.312 e. The maximum atomic E-state index is 14.0. The van der Waals surface area contributed by atoms with Crippen molar-refractivity contribution in [3.8, 4) is 0 Å². The summed E-state index contributed by atoms with van der Waals surface area (Å²) in [4.78, 5) is 34.8. The van der Waals surface area contributed by atoms with Gasteiger partial charge in [0.1, 0.15) is 11.9 Å². The van der Waals surface area contributed by atoms with Gasteiger partial charge in [-0.2, -0.15) is 0 Å². The zero-order valence-electron chi connectivity index (χ0n) is 14.1. The molecule has 136 valence electrons. The molecule has 0 aliphatic carbocycles. The van der Waals surface area contributed by atoms with E-state index in [-0.39, 0.29) is 18.0 Å². The first-order valence-corrected chi connectivity index (χ1v) is 7.83. The minimum Gasteiger partial charge on any atom is -0.352 e. The third-order valence-electron chi connectivity index (χ3n) is 3.46. The molecule has 0 aliphatic heterocycles. The van der Waals surface area contributed by atoms with Crippen LogP contribution in [0.4, 0.5) is 20.6 Å². The van der Waals surface area contributed by atoms with Crippen LogP contribution in [0.1, 0.15) is 12.5 Å². The van der Waals surface area contributed by atoms with Gasteiger partial charge in [0.15, 0.2) is 0 Å². The molecule has 2 aromatic carbocycles. The van der Waals surface area contributed by atoms with Gasteiger partial charge < -0.3 is 21.7 Å². The van der Waals surface area contributed by atoms with Crippen LogP contribution in [0.3, 0.4) is 0 Å². The number of hydrogen-bond donors (Lipinski definition) is 4. The Bertz CT molecular complexity index is 811. The number of carbonyl (C=O) groups is 3. The molecule has 4 amide bonds. The number of amides is 4. The van der Waals surface area contributed by atoms with Crippen LogP contribution >= 0.6 is 0 Å². The Labute approximate surface area is 149 Å². The zero-order chi connectivity index (χ0) is 19.1. The van der Waals surface area contributed by atoms with E-state index in [1.165, 1.54) is 19.1 Å². The fourth-order valence-corrected chi connectivity index (χ4v) is 2.35. The fourth-order valence-electron chi connectivity index (χ4n) is 2.35. The number of benzene rings is 2. The summed E-state index contributed by atoms with van der Waals surface area (Å²) in [5.74, 6) is -1.64. The van der Waals surface area contributed by atoms with Gasteiger partial charge in [-0.05, 0) is 23.8 Å². The molecule has 2 aromatic rings. The molecular formula is C18H19FN4O3. The molecule has 0 aliphatic rings. The molecule has 0 saturated carbocycles. The van der Waals surface area contributed by atoms with E-state index in [2.05, 4.69) is 16.0 Å². The lowest BCUT2D eigenvalue weighted by Gasteiger charge is -2.18. The SMILES string of the molecule is CC(=O)Nc1ccc(F)c(NC(=O)C(Cc2ccccc2)NC(N)=O)c1. The fraction of sp³-hybridized carbons (Fsp3) is 0.167. The Morgan fingerprint density at radius 1 is 1.08 bits per heavy atom. The van der Waals surface area contributed by atoms with Crippen molar-refractivity contribution in [2.45, 2.75) is 19.4 Å². The molecule has 0 aromatic heterocycles. The van der Waals surface area contributed by atoms with E-state index in [0.717, 1.165) is 11.6 Å². The standard InChI is InChI=1S/C18H19FN4O3/c1-11(24)21-13-7-8-14(19)15(10-13)22-17(25)16(23-18(20)26)9-12-5-3-2-4-6-12/h2-8,10,16H,9H2,1H3,(H,21,24)(H,22,25)(H3,20,23,26). The third-order valence-corrected chi connectivity index (χ3v) is 3.46.